The molecular formula is C28H23FN2O3S. The third kappa shape index (κ3) is 4.86. The van der Waals surface area contributed by atoms with Crippen molar-refractivity contribution in [2.24, 2.45) is 0 Å². The van der Waals surface area contributed by atoms with Crippen molar-refractivity contribution in [2.75, 3.05) is 13.2 Å². The van der Waals surface area contributed by atoms with E-state index in [0.29, 0.717) is 22.8 Å². The van der Waals surface area contributed by atoms with Gasteiger partial charge in [-0.3, -0.25) is 14.5 Å². The molecule has 4 aromatic rings. The van der Waals surface area contributed by atoms with E-state index in [2.05, 4.69) is 0 Å². The number of aromatic nitrogens is 1. The number of carbonyl (C=O) groups excluding carboxylic acids is 2. The van der Waals surface area contributed by atoms with Crippen LogP contribution in [0, 0.1) is 12.7 Å². The Morgan fingerprint density at radius 2 is 1.80 bits per heavy atom. The molecule has 7 heteroatoms. The second-order valence-electron chi connectivity index (χ2n) is 8.32. The van der Waals surface area contributed by atoms with Crippen molar-refractivity contribution in [1.82, 2.24) is 9.47 Å². The van der Waals surface area contributed by atoms with Gasteiger partial charge in [-0.05, 0) is 54.6 Å². The van der Waals surface area contributed by atoms with Crippen LogP contribution < -0.4 is 4.74 Å². The summed E-state index contributed by atoms with van der Waals surface area (Å²) in [6.45, 7) is 2.72. The van der Waals surface area contributed by atoms with Crippen LogP contribution in [0.3, 0.4) is 0 Å². The molecule has 1 fully saturated rings. The van der Waals surface area contributed by atoms with Gasteiger partial charge in [0.15, 0.2) is 0 Å². The molecule has 0 N–H and O–H groups in total. The summed E-state index contributed by atoms with van der Waals surface area (Å²) < 4.78 is 21.9. The number of halogens is 1. The second-order valence-corrected chi connectivity index (χ2v) is 9.31. The Morgan fingerprint density at radius 3 is 2.63 bits per heavy atom. The highest BCUT2D eigenvalue weighted by Crippen LogP contribution is 2.34. The second kappa shape index (κ2) is 9.80. The minimum atomic E-state index is -0.334. The lowest BCUT2D eigenvalue weighted by Gasteiger charge is -2.13. The average molecular weight is 487 g/mol. The van der Waals surface area contributed by atoms with Crippen molar-refractivity contribution >= 4 is 39.9 Å². The number of para-hydroxylation sites is 1. The molecule has 0 radical (unpaired) electrons. The predicted molar refractivity (Wildman–Crippen MR) is 137 cm³/mol. The Kier molecular flexibility index (Phi) is 6.42. The number of hydrogen-bond acceptors (Lipinski definition) is 4. The van der Waals surface area contributed by atoms with Crippen LogP contribution in [0.1, 0.15) is 16.7 Å². The van der Waals surface area contributed by atoms with Crippen LogP contribution in [0.5, 0.6) is 5.75 Å². The lowest BCUT2D eigenvalue weighted by Crippen LogP contribution is -2.32. The monoisotopic (exact) mass is 486 g/mol. The molecule has 3 aromatic carbocycles. The number of thioether (sulfide) groups is 1. The lowest BCUT2D eigenvalue weighted by atomic mass is 10.1. The minimum Gasteiger partial charge on any atom is -0.492 e. The van der Waals surface area contributed by atoms with Gasteiger partial charge in [0.2, 0.25) is 0 Å². The minimum absolute atomic E-state index is 0.172. The van der Waals surface area contributed by atoms with Crippen molar-refractivity contribution in [1.29, 1.82) is 0 Å². The van der Waals surface area contributed by atoms with E-state index < -0.39 is 0 Å². The summed E-state index contributed by atoms with van der Waals surface area (Å²) in [5.41, 5.74) is 3.38. The summed E-state index contributed by atoms with van der Waals surface area (Å²) in [5.74, 6) is 0.106. The van der Waals surface area contributed by atoms with E-state index in [1.807, 2.05) is 72.3 Å². The summed E-state index contributed by atoms with van der Waals surface area (Å²) in [4.78, 5) is 27.1. The van der Waals surface area contributed by atoms with Crippen LogP contribution in [0.15, 0.2) is 83.9 Å². The number of aryl methyl sites for hydroxylation is 1. The zero-order chi connectivity index (χ0) is 24.4. The van der Waals surface area contributed by atoms with Gasteiger partial charge in [0.25, 0.3) is 11.1 Å². The maximum Gasteiger partial charge on any atom is 0.293 e. The fraction of sp³-hybridized carbons (Fsp3) is 0.143. The number of ether oxygens (including phenoxy) is 1. The van der Waals surface area contributed by atoms with Crippen LogP contribution in [0.4, 0.5) is 9.18 Å². The molecule has 0 bridgehead atoms. The van der Waals surface area contributed by atoms with Crippen LogP contribution >= 0.6 is 11.8 Å². The smallest absolute Gasteiger partial charge is 0.293 e. The molecule has 0 aliphatic carbocycles. The largest absolute Gasteiger partial charge is 0.492 e. The molecule has 0 atom stereocenters. The van der Waals surface area contributed by atoms with Crippen LogP contribution in [-0.4, -0.2) is 33.8 Å². The highest BCUT2D eigenvalue weighted by Gasteiger charge is 2.35. The van der Waals surface area contributed by atoms with Gasteiger partial charge in [0.05, 0.1) is 18.0 Å². The highest BCUT2D eigenvalue weighted by molar-refractivity contribution is 8.18. The number of benzene rings is 3. The molecule has 35 heavy (non-hydrogen) atoms. The molecule has 5 rings (SSSR count). The van der Waals surface area contributed by atoms with E-state index >= 15 is 0 Å². The SMILES string of the molecule is Cc1cccc(OCCN2C(=O)S/C(=C\c3cn(Cc4ccccc4F)c4ccccc34)C2=O)c1. The van der Waals surface area contributed by atoms with Gasteiger partial charge in [-0.25, -0.2) is 4.39 Å². The first kappa shape index (κ1) is 22.9. The van der Waals surface area contributed by atoms with Gasteiger partial charge in [0.1, 0.15) is 18.2 Å². The summed E-state index contributed by atoms with van der Waals surface area (Å²) in [7, 11) is 0. The number of rotatable bonds is 7. The third-order valence-corrected chi connectivity index (χ3v) is 6.76. The Morgan fingerprint density at radius 1 is 1.00 bits per heavy atom. The first-order valence-corrected chi connectivity index (χ1v) is 12.1. The van der Waals surface area contributed by atoms with Gasteiger partial charge in [-0.2, -0.15) is 0 Å². The van der Waals surface area contributed by atoms with E-state index in [4.69, 9.17) is 4.74 Å². The predicted octanol–water partition coefficient (Wildman–Crippen LogP) is 6.25. The van der Waals surface area contributed by atoms with E-state index in [1.54, 1.807) is 18.2 Å². The van der Waals surface area contributed by atoms with Crippen molar-refractivity contribution < 1.29 is 18.7 Å². The Hall–Kier alpha value is -3.84. The van der Waals surface area contributed by atoms with Gasteiger partial charge in [-0.1, -0.05) is 48.5 Å². The van der Waals surface area contributed by atoms with Crippen molar-refractivity contribution in [3.8, 4) is 5.75 Å². The van der Waals surface area contributed by atoms with E-state index in [-0.39, 0.29) is 30.1 Å². The Balaban J connectivity index is 1.36. The van der Waals surface area contributed by atoms with Crippen LogP contribution in [0.2, 0.25) is 0 Å². The van der Waals surface area contributed by atoms with Gasteiger partial charge >= 0.3 is 0 Å². The first-order valence-electron chi connectivity index (χ1n) is 11.3. The molecule has 1 saturated heterocycles. The van der Waals surface area contributed by atoms with Crippen molar-refractivity contribution in [2.45, 2.75) is 13.5 Å². The van der Waals surface area contributed by atoms with Crippen molar-refractivity contribution in [3.05, 3.63) is 106 Å². The number of nitrogens with zero attached hydrogens (tertiary/aromatic N) is 2. The summed E-state index contributed by atoms with van der Waals surface area (Å²) in [6, 6.07) is 22.1. The molecule has 0 unspecified atom stereocenters. The molecule has 2 heterocycles. The summed E-state index contributed by atoms with van der Waals surface area (Å²) in [5, 5.41) is 0.614. The highest BCUT2D eigenvalue weighted by atomic mass is 32.2. The molecule has 1 aromatic heterocycles. The van der Waals surface area contributed by atoms with Crippen LogP contribution in [-0.2, 0) is 11.3 Å². The van der Waals surface area contributed by atoms with E-state index in [0.717, 1.165) is 33.8 Å². The number of amides is 2. The number of hydrogen-bond donors (Lipinski definition) is 0. The number of carbonyl (C=O) groups is 2. The topological polar surface area (TPSA) is 51.5 Å². The molecular weight excluding hydrogens is 463 g/mol. The van der Waals surface area contributed by atoms with Gasteiger partial charge < -0.3 is 9.30 Å². The molecule has 0 spiro atoms. The number of fused-ring (bicyclic) bond motifs is 1. The molecule has 2 amide bonds. The van der Waals surface area contributed by atoms with Crippen LogP contribution in [0.25, 0.3) is 17.0 Å². The maximum atomic E-state index is 14.3. The van der Waals surface area contributed by atoms with Crippen molar-refractivity contribution in [3.63, 3.8) is 0 Å². The standard InChI is InChI=1S/C28H23FN2O3S/c1-19-7-6-9-22(15-19)34-14-13-31-27(32)26(35-28(31)33)16-21-18-30(25-12-5-3-10-23(21)25)17-20-8-2-4-11-24(20)29/h2-12,15-16,18H,13-14,17H2,1H3/b26-16-. The molecule has 0 saturated carbocycles. The summed E-state index contributed by atoms with van der Waals surface area (Å²) >= 11 is 0.923. The molecule has 1 aliphatic rings. The van der Waals surface area contributed by atoms with E-state index in [1.165, 1.54) is 11.0 Å². The summed E-state index contributed by atoms with van der Waals surface area (Å²) in [6.07, 6.45) is 3.64. The fourth-order valence-corrected chi connectivity index (χ4v) is 4.98. The first-order chi connectivity index (χ1) is 17.0. The van der Waals surface area contributed by atoms with Gasteiger partial charge in [0, 0.05) is 28.2 Å². The van der Waals surface area contributed by atoms with E-state index in [9.17, 15) is 14.0 Å². The number of imide groups is 1. The average Bonchev–Trinajstić information content (AvgIpc) is 3.32. The third-order valence-electron chi connectivity index (χ3n) is 5.85. The van der Waals surface area contributed by atoms with Gasteiger partial charge in [-0.15, -0.1) is 0 Å². The molecule has 5 nitrogen and oxygen atoms in total. The fourth-order valence-electron chi connectivity index (χ4n) is 4.13. The normalized spacial score (nSPS) is 14.9. The Labute approximate surface area is 206 Å². The maximum absolute atomic E-state index is 14.3. The molecule has 1 aliphatic heterocycles. The molecule has 176 valence electrons. The Bertz CT molecular complexity index is 1460. The quantitative estimate of drug-likeness (QED) is 0.290. The zero-order valence-corrected chi connectivity index (χ0v) is 19.9. The lowest BCUT2D eigenvalue weighted by molar-refractivity contribution is -0.123. The zero-order valence-electron chi connectivity index (χ0n) is 19.1.